The Morgan fingerprint density at radius 3 is 2.60 bits per heavy atom. The minimum absolute atomic E-state index is 0.146. The molecule has 3 heteroatoms. The Labute approximate surface area is 121 Å². The Bertz CT molecular complexity index is 455. The van der Waals surface area contributed by atoms with Gasteiger partial charge >= 0.3 is 0 Å². The van der Waals surface area contributed by atoms with Crippen LogP contribution in [-0.2, 0) is 4.79 Å². The van der Waals surface area contributed by atoms with Gasteiger partial charge in [-0.2, -0.15) is 0 Å². The van der Waals surface area contributed by atoms with E-state index in [2.05, 4.69) is 17.1 Å². The SMILES string of the molecule is CCCC1NC(c2ccccc2)C(=O)N1CCC1CC1. The van der Waals surface area contributed by atoms with Crippen LogP contribution in [0.2, 0.25) is 0 Å². The summed E-state index contributed by atoms with van der Waals surface area (Å²) in [6, 6.07) is 9.95. The molecule has 1 aromatic carbocycles. The normalized spacial score (nSPS) is 26.2. The fourth-order valence-electron chi connectivity index (χ4n) is 3.06. The quantitative estimate of drug-likeness (QED) is 0.863. The number of hydrogen-bond donors (Lipinski definition) is 1. The zero-order chi connectivity index (χ0) is 13.9. The first-order valence-corrected chi connectivity index (χ1v) is 7.91. The maximum atomic E-state index is 12.7. The highest BCUT2D eigenvalue weighted by Crippen LogP contribution is 2.34. The van der Waals surface area contributed by atoms with Crippen LogP contribution >= 0.6 is 0 Å². The molecule has 3 rings (SSSR count). The second-order valence-corrected chi connectivity index (χ2v) is 6.08. The van der Waals surface area contributed by atoms with Gasteiger partial charge in [-0.05, 0) is 24.3 Å². The average molecular weight is 272 g/mol. The van der Waals surface area contributed by atoms with Gasteiger partial charge in [-0.15, -0.1) is 0 Å². The van der Waals surface area contributed by atoms with Crippen LogP contribution in [0.5, 0.6) is 0 Å². The minimum Gasteiger partial charge on any atom is -0.325 e. The number of amides is 1. The van der Waals surface area contributed by atoms with Crippen LogP contribution in [0.4, 0.5) is 0 Å². The van der Waals surface area contributed by atoms with E-state index < -0.39 is 0 Å². The lowest BCUT2D eigenvalue weighted by molar-refractivity contribution is -0.130. The summed E-state index contributed by atoms with van der Waals surface area (Å²) in [5, 5.41) is 3.53. The third-order valence-corrected chi connectivity index (χ3v) is 4.44. The standard InChI is InChI=1S/C17H24N2O/c1-2-6-15-18-16(14-7-4-3-5-8-14)17(20)19(15)12-11-13-9-10-13/h3-5,7-8,13,15-16,18H,2,6,9-12H2,1H3. The van der Waals surface area contributed by atoms with Crippen LogP contribution in [0.3, 0.4) is 0 Å². The van der Waals surface area contributed by atoms with Crippen molar-refractivity contribution in [2.24, 2.45) is 5.92 Å². The number of benzene rings is 1. The summed E-state index contributed by atoms with van der Waals surface area (Å²) in [4.78, 5) is 14.8. The molecule has 0 aromatic heterocycles. The number of nitrogens with zero attached hydrogens (tertiary/aromatic N) is 1. The van der Waals surface area contributed by atoms with Gasteiger partial charge in [0.1, 0.15) is 6.04 Å². The van der Waals surface area contributed by atoms with Crippen LogP contribution in [0.25, 0.3) is 0 Å². The predicted molar refractivity (Wildman–Crippen MR) is 80.1 cm³/mol. The molecule has 1 heterocycles. The third kappa shape index (κ3) is 2.88. The molecule has 1 aliphatic heterocycles. The highest BCUT2D eigenvalue weighted by molar-refractivity contribution is 5.85. The molecule has 1 saturated heterocycles. The molecule has 0 radical (unpaired) electrons. The second-order valence-electron chi connectivity index (χ2n) is 6.08. The van der Waals surface area contributed by atoms with E-state index in [0.29, 0.717) is 0 Å². The molecular weight excluding hydrogens is 248 g/mol. The summed E-state index contributed by atoms with van der Waals surface area (Å²) < 4.78 is 0. The van der Waals surface area contributed by atoms with Gasteiger partial charge in [-0.1, -0.05) is 56.5 Å². The zero-order valence-electron chi connectivity index (χ0n) is 12.2. The van der Waals surface area contributed by atoms with Crippen LogP contribution in [0.1, 0.15) is 50.6 Å². The highest BCUT2D eigenvalue weighted by atomic mass is 16.2. The van der Waals surface area contributed by atoms with E-state index in [1.54, 1.807) is 0 Å². The summed E-state index contributed by atoms with van der Waals surface area (Å²) in [6.07, 6.45) is 6.25. The fraction of sp³-hybridized carbons (Fsp3) is 0.588. The molecule has 0 spiro atoms. The summed E-state index contributed by atoms with van der Waals surface area (Å²) in [6.45, 7) is 3.10. The molecule has 0 bridgehead atoms. The second kappa shape index (κ2) is 5.96. The lowest BCUT2D eigenvalue weighted by atomic mass is 10.1. The molecular formula is C17H24N2O. The molecule has 2 fully saturated rings. The molecule has 3 nitrogen and oxygen atoms in total. The topological polar surface area (TPSA) is 32.3 Å². The first-order valence-electron chi connectivity index (χ1n) is 7.91. The molecule has 108 valence electrons. The Kier molecular flexibility index (Phi) is 4.06. The van der Waals surface area contributed by atoms with E-state index in [-0.39, 0.29) is 18.1 Å². The third-order valence-electron chi connectivity index (χ3n) is 4.44. The van der Waals surface area contributed by atoms with Crippen molar-refractivity contribution in [1.29, 1.82) is 0 Å². The van der Waals surface area contributed by atoms with Gasteiger partial charge in [-0.3, -0.25) is 10.1 Å². The van der Waals surface area contributed by atoms with E-state index in [4.69, 9.17) is 0 Å². The maximum absolute atomic E-state index is 12.7. The zero-order valence-corrected chi connectivity index (χ0v) is 12.2. The van der Waals surface area contributed by atoms with Gasteiger partial charge in [-0.25, -0.2) is 0 Å². The van der Waals surface area contributed by atoms with Crippen LogP contribution < -0.4 is 5.32 Å². The van der Waals surface area contributed by atoms with E-state index >= 15 is 0 Å². The van der Waals surface area contributed by atoms with Crippen molar-refractivity contribution in [3.05, 3.63) is 35.9 Å². The lowest BCUT2D eigenvalue weighted by Gasteiger charge is -2.23. The summed E-state index contributed by atoms with van der Waals surface area (Å²) in [5.74, 6) is 1.14. The van der Waals surface area contributed by atoms with Crippen molar-refractivity contribution >= 4 is 5.91 Å². The van der Waals surface area contributed by atoms with Crippen molar-refractivity contribution in [2.45, 2.75) is 51.2 Å². The van der Waals surface area contributed by atoms with Crippen LogP contribution in [0.15, 0.2) is 30.3 Å². The van der Waals surface area contributed by atoms with Gasteiger partial charge in [0.25, 0.3) is 0 Å². The molecule has 1 aliphatic carbocycles. The monoisotopic (exact) mass is 272 g/mol. The molecule has 1 amide bonds. The van der Waals surface area contributed by atoms with E-state index in [0.717, 1.165) is 30.9 Å². The Hall–Kier alpha value is -1.35. The lowest BCUT2D eigenvalue weighted by Crippen LogP contribution is -2.38. The Balaban J connectivity index is 1.71. The van der Waals surface area contributed by atoms with Crippen molar-refractivity contribution < 1.29 is 4.79 Å². The summed E-state index contributed by atoms with van der Waals surface area (Å²) >= 11 is 0. The Morgan fingerprint density at radius 2 is 1.95 bits per heavy atom. The van der Waals surface area contributed by atoms with Crippen molar-refractivity contribution in [3.8, 4) is 0 Å². The van der Waals surface area contributed by atoms with Crippen molar-refractivity contribution in [1.82, 2.24) is 10.2 Å². The maximum Gasteiger partial charge on any atom is 0.245 e. The van der Waals surface area contributed by atoms with Gasteiger partial charge in [0.15, 0.2) is 0 Å². The first-order chi connectivity index (χ1) is 9.79. The van der Waals surface area contributed by atoms with Gasteiger partial charge in [0.2, 0.25) is 5.91 Å². The molecule has 2 unspecified atom stereocenters. The number of hydrogen-bond acceptors (Lipinski definition) is 2. The summed E-state index contributed by atoms with van der Waals surface area (Å²) in [5.41, 5.74) is 1.09. The molecule has 2 atom stereocenters. The fourth-order valence-corrected chi connectivity index (χ4v) is 3.06. The van der Waals surface area contributed by atoms with Crippen molar-refractivity contribution in [2.75, 3.05) is 6.54 Å². The van der Waals surface area contributed by atoms with Gasteiger partial charge in [0, 0.05) is 6.54 Å². The number of rotatable bonds is 6. The van der Waals surface area contributed by atoms with Crippen molar-refractivity contribution in [3.63, 3.8) is 0 Å². The summed E-state index contributed by atoms with van der Waals surface area (Å²) in [7, 11) is 0. The Morgan fingerprint density at radius 1 is 1.20 bits per heavy atom. The predicted octanol–water partition coefficient (Wildman–Crippen LogP) is 3.09. The smallest absolute Gasteiger partial charge is 0.245 e. The molecule has 1 aromatic rings. The highest BCUT2D eigenvalue weighted by Gasteiger charge is 2.39. The molecule has 1 N–H and O–H groups in total. The largest absolute Gasteiger partial charge is 0.325 e. The van der Waals surface area contributed by atoms with Crippen LogP contribution in [0, 0.1) is 5.92 Å². The first kappa shape index (κ1) is 13.6. The van der Waals surface area contributed by atoms with E-state index in [1.165, 1.54) is 19.3 Å². The minimum atomic E-state index is -0.146. The number of carbonyl (C=O) groups is 1. The molecule has 1 saturated carbocycles. The van der Waals surface area contributed by atoms with Gasteiger partial charge < -0.3 is 4.90 Å². The van der Waals surface area contributed by atoms with E-state index in [9.17, 15) is 4.79 Å². The van der Waals surface area contributed by atoms with E-state index in [1.807, 2.05) is 30.3 Å². The average Bonchev–Trinajstić information content (AvgIpc) is 3.24. The van der Waals surface area contributed by atoms with Crippen LogP contribution in [-0.4, -0.2) is 23.5 Å². The van der Waals surface area contributed by atoms with Gasteiger partial charge in [0.05, 0.1) is 6.17 Å². The number of nitrogens with one attached hydrogen (secondary N) is 1. The number of carbonyl (C=O) groups excluding carboxylic acids is 1. The molecule has 20 heavy (non-hydrogen) atoms. The molecule has 2 aliphatic rings.